The highest BCUT2D eigenvalue weighted by molar-refractivity contribution is 7.91. The van der Waals surface area contributed by atoms with Gasteiger partial charge >= 0.3 is 0 Å². The van der Waals surface area contributed by atoms with E-state index in [4.69, 9.17) is 35.9 Å². The van der Waals surface area contributed by atoms with E-state index in [1.54, 1.807) is 37.5 Å². The Kier molecular flexibility index (Phi) is 11.8. The number of nitrogens with one attached hydrogen (secondary N) is 2. The number of aliphatic hydroxyl groups is 1. The van der Waals surface area contributed by atoms with Crippen LogP contribution in [0.1, 0.15) is 48.6 Å². The number of hydrogen-bond acceptors (Lipinski definition) is 13. The maximum Gasteiger partial charge on any atom is 0.259 e. The van der Waals surface area contributed by atoms with E-state index in [1.165, 1.54) is 12.7 Å². The van der Waals surface area contributed by atoms with Crippen LogP contribution in [0.5, 0.6) is 11.5 Å². The fourth-order valence-corrected chi connectivity index (χ4v) is 8.64. The van der Waals surface area contributed by atoms with Crippen molar-refractivity contribution in [3.8, 4) is 11.5 Å². The van der Waals surface area contributed by atoms with Gasteiger partial charge in [0.25, 0.3) is 5.17 Å². The molecule has 0 aliphatic carbocycles. The topological polar surface area (TPSA) is 175 Å². The van der Waals surface area contributed by atoms with Crippen molar-refractivity contribution in [1.82, 2.24) is 19.8 Å². The summed E-state index contributed by atoms with van der Waals surface area (Å²) in [5.74, 6) is 1.19. The average molecular weight is 819 g/mol. The molecule has 2 saturated heterocycles. The molecule has 2 fully saturated rings. The van der Waals surface area contributed by atoms with Gasteiger partial charge in [-0.15, -0.1) is 0 Å². The van der Waals surface area contributed by atoms with Crippen molar-refractivity contribution in [3.63, 3.8) is 0 Å². The molecule has 0 radical (unpaired) electrons. The number of carbonyl (C=O) groups excluding carboxylic acids is 1. The zero-order chi connectivity index (χ0) is 40.3. The largest absolute Gasteiger partial charge is 0.497 e. The standard InChI is InChI=1S/C40H46N6O9S2/c1-25(2)37(48)44-35-32-36(42-23-41-35)46(24-43-32)38-34(55-39(56)45-18-20-57(49,50)21-19-45)33(47)31(54-38)22-53-40(26-8-6-5-7-9-26,27-10-14-29(51-3)15-11-27)28-12-16-30(52-4)17-13-28/h5-17,23-25,31,33-35,38,47H,18-22H2,1-4H3,(H,41,42)(H,44,48)/t31-,33?,34+,35?,38-/m1/s1. The van der Waals surface area contributed by atoms with E-state index in [0.717, 1.165) is 16.7 Å². The lowest BCUT2D eigenvalue weighted by atomic mass is 9.80. The molecule has 3 aliphatic rings. The number of imidazole rings is 1. The Hall–Kier alpha value is -5.07. The van der Waals surface area contributed by atoms with Gasteiger partial charge in [-0.25, -0.2) is 18.4 Å². The van der Waals surface area contributed by atoms with Crippen LogP contribution in [0, 0.1) is 5.92 Å². The lowest BCUT2D eigenvalue weighted by Gasteiger charge is -2.37. The van der Waals surface area contributed by atoms with E-state index in [1.807, 2.05) is 78.9 Å². The van der Waals surface area contributed by atoms with E-state index in [-0.39, 0.29) is 48.2 Å². The molecule has 4 aromatic rings. The molecule has 5 atom stereocenters. The molecule has 4 heterocycles. The summed E-state index contributed by atoms with van der Waals surface area (Å²) in [5, 5.41) is 18.2. The van der Waals surface area contributed by atoms with E-state index in [2.05, 4.69) is 20.6 Å². The molecule has 3 N–H and O–H groups in total. The number of carbonyl (C=O) groups is 1. The predicted octanol–water partition coefficient (Wildman–Crippen LogP) is 3.79. The van der Waals surface area contributed by atoms with Crippen LogP contribution in [-0.4, -0.2) is 109 Å². The number of anilines is 1. The highest BCUT2D eigenvalue weighted by Crippen LogP contribution is 2.44. The molecule has 57 heavy (non-hydrogen) atoms. The fraction of sp³-hybridized carbons (Fsp3) is 0.400. The molecule has 302 valence electrons. The van der Waals surface area contributed by atoms with Crippen LogP contribution < -0.4 is 20.1 Å². The minimum atomic E-state index is -3.19. The number of aromatic nitrogens is 2. The molecular formula is C40H46N6O9S2. The molecule has 1 amide bonds. The molecule has 7 rings (SSSR count). The molecule has 0 saturated carbocycles. The number of nitrogens with zero attached hydrogens (tertiary/aromatic N) is 4. The smallest absolute Gasteiger partial charge is 0.259 e. The SMILES string of the molecule is COc1ccc(C(OC[C@H]2O[C@@H](n3cnc4c3NC=NC4NC(=O)C(C)C)[C@@H](OC(=S)N3CCS(=O)(=O)CC3)C2O)(c2ccccc2)c2ccc(OC)cc2)cc1. The Balaban J connectivity index is 1.25. The second-order valence-corrected chi connectivity index (χ2v) is 16.9. The lowest BCUT2D eigenvalue weighted by Crippen LogP contribution is -2.47. The van der Waals surface area contributed by atoms with Gasteiger partial charge in [-0.05, 0) is 53.2 Å². The Morgan fingerprint density at radius 3 is 2.16 bits per heavy atom. The minimum Gasteiger partial charge on any atom is -0.497 e. The molecule has 0 spiro atoms. The van der Waals surface area contributed by atoms with Gasteiger partial charge in [-0.1, -0.05) is 68.4 Å². The summed E-state index contributed by atoms with van der Waals surface area (Å²) < 4.78 is 57.2. The number of benzene rings is 3. The van der Waals surface area contributed by atoms with Gasteiger partial charge in [0.2, 0.25) is 5.91 Å². The number of hydrogen-bond donors (Lipinski definition) is 3. The summed E-state index contributed by atoms with van der Waals surface area (Å²) in [4.78, 5) is 23.3. The second-order valence-electron chi connectivity index (χ2n) is 14.2. The Labute approximate surface area is 336 Å². The number of aliphatic imine (C=N–C) groups is 1. The number of fused-ring (bicyclic) bond motifs is 1. The molecule has 1 aromatic heterocycles. The van der Waals surface area contributed by atoms with E-state index >= 15 is 0 Å². The third-order valence-corrected chi connectivity index (χ3v) is 12.3. The van der Waals surface area contributed by atoms with Gasteiger partial charge in [0, 0.05) is 19.0 Å². The van der Waals surface area contributed by atoms with E-state index < -0.39 is 46.1 Å². The summed E-state index contributed by atoms with van der Waals surface area (Å²) in [7, 11) is 0.0150. The molecule has 0 bridgehead atoms. The van der Waals surface area contributed by atoms with Crippen molar-refractivity contribution in [2.45, 2.75) is 50.2 Å². The number of thiocarbonyl (C=S) groups is 1. The average Bonchev–Trinajstić information content (AvgIpc) is 3.79. The maximum atomic E-state index is 12.7. The number of ether oxygens (including phenoxy) is 5. The van der Waals surface area contributed by atoms with Crippen molar-refractivity contribution >= 4 is 45.3 Å². The maximum absolute atomic E-state index is 12.7. The Morgan fingerprint density at radius 2 is 1.58 bits per heavy atom. The third kappa shape index (κ3) is 8.20. The Morgan fingerprint density at radius 1 is 0.982 bits per heavy atom. The molecule has 15 nitrogen and oxygen atoms in total. The zero-order valence-corrected chi connectivity index (χ0v) is 33.6. The van der Waals surface area contributed by atoms with Crippen molar-refractivity contribution in [2.24, 2.45) is 10.9 Å². The van der Waals surface area contributed by atoms with Gasteiger partial charge in [0.1, 0.15) is 40.8 Å². The zero-order valence-electron chi connectivity index (χ0n) is 32.0. The number of amides is 1. The first-order valence-electron chi connectivity index (χ1n) is 18.6. The number of methoxy groups -OCH3 is 2. The Bertz CT molecular complexity index is 2120. The van der Waals surface area contributed by atoms with Crippen molar-refractivity contribution in [1.29, 1.82) is 0 Å². The van der Waals surface area contributed by atoms with E-state index in [9.17, 15) is 18.3 Å². The summed E-state index contributed by atoms with van der Waals surface area (Å²) in [6.45, 7) is 3.75. The van der Waals surface area contributed by atoms with Crippen LogP contribution in [0.4, 0.5) is 5.82 Å². The molecule has 3 aromatic carbocycles. The highest BCUT2D eigenvalue weighted by atomic mass is 32.2. The highest BCUT2D eigenvalue weighted by Gasteiger charge is 2.50. The number of aliphatic hydroxyl groups excluding tert-OH is 1. The third-order valence-electron chi connectivity index (χ3n) is 10.4. The van der Waals surface area contributed by atoms with Crippen molar-refractivity contribution in [2.75, 3.05) is 50.7 Å². The van der Waals surface area contributed by atoms with Gasteiger partial charge in [0.05, 0.1) is 45.0 Å². The van der Waals surface area contributed by atoms with Crippen LogP contribution in [-0.2, 0) is 34.4 Å². The van der Waals surface area contributed by atoms with Crippen LogP contribution >= 0.6 is 12.2 Å². The van der Waals surface area contributed by atoms with Crippen LogP contribution in [0.15, 0.2) is 90.2 Å². The second kappa shape index (κ2) is 16.8. The molecule has 17 heteroatoms. The fourth-order valence-electron chi connectivity index (χ4n) is 7.14. The van der Waals surface area contributed by atoms with Crippen molar-refractivity contribution in [3.05, 3.63) is 108 Å². The first-order chi connectivity index (χ1) is 27.4. The van der Waals surface area contributed by atoms with Gasteiger partial charge in [-0.2, -0.15) is 0 Å². The summed E-state index contributed by atoms with van der Waals surface area (Å²) in [6, 6.07) is 25.0. The monoisotopic (exact) mass is 818 g/mol. The predicted molar refractivity (Wildman–Crippen MR) is 216 cm³/mol. The summed E-state index contributed by atoms with van der Waals surface area (Å²) in [6.07, 6.45) is -2.16. The minimum absolute atomic E-state index is 0.0322. The first-order valence-corrected chi connectivity index (χ1v) is 20.8. The number of rotatable bonds is 12. The van der Waals surface area contributed by atoms with Crippen LogP contribution in [0.3, 0.4) is 0 Å². The van der Waals surface area contributed by atoms with Gasteiger partial charge in [0.15, 0.2) is 28.3 Å². The summed E-state index contributed by atoms with van der Waals surface area (Å²) >= 11 is 5.71. The van der Waals surface area contributed by atoms with Crippen LogP contribution in [0.2, 0.25) is 0 Å². The number of sulfone groups is 1. The van der Waals surface area contributed by atoms with E-state index in [0.29, 0.717) is 23.0 Å². The molecule has 3 aliphatic heterocycles. The first kappa shape index (κ1) is 40.1. The normalized spacial score (nSPS) is 22.7. The lowest BCUT2D eigenvalue weighted by molar-refractivity contribution is -0.124. The van der Waals surface area contributed by atoms with Crippen LogP contribution in [0.25, 0.3) is 0 Å². The summed E-state index contributed by atoms with van der Waals surface area (Å²) in [5.41, 5.74) is 1.63. The molecular weight excluding hydrogens is 773 g/mol. The molecule has 2 unspecified atom stereocenters. The van der Waals surface area contributed by atoms with Gasteiger partial charge < -0.3 is 44.3 Å². The van der Waals surface area contributed by atoms with Gasteiger partial charge in [-0.3, -0.25) is 9.36 Å². The quantitative estimate of drug-likeness (QED) is 0.139. The van der Waals surface area contributed by atoms with Crippen molar-refractivity contribution < 1.29 is 42.0 Å².